The zero-order valence-electron chi connectivity index (χ0n) is 17.0. The molecule has 0 saturated heterocycles. The SMILES string of the molecule is C.C.O=[N+]([O-])O.[Ag].[CH2-]C1CCCCC1[NH-].[CH2-]C1CCCCC1[NH-].[CH3-].[CH3-].[CH3-].[CH3-].[Pt+4].[Pt+4]. The molecule has 3 N–H and O–H groups in total. The van der Waals surface area contributed by atoms with Crippen molar-refractivity contribution in [2.24, 2.45) is 11.8 Å². The van der Waals surface area contributed by atoms with E-state index in [1.807, 2.05) is 0 Å². The van der Waals surface area contributed by atoms with Crippen molar-refractivity contribution >= 4 is 0 Å². The standard InChI is InChI=1S/2C7H13N.2CH4.4CH3.Ag.HNO3.2Pt/c2*1-6-4-2-3-5-7(6)8;;;;;;;;2-1(3)4;;/h2*6-8H,1-5H2;2*1H4;4*1H3;;(H,2,3,4);;/q2*-2;;;4*-1;;;2*+4. The molecule has 9 heteroatoms. The molecule has 0 spiro atoms. The van der Waals surface area contributed by atoms with Crippen molar-refractivity contribution < 1.29 is 74.8 Å². The van der Waals surface area contributed by atoms with E-state index < -0.39 is 5.09 Å². The molecule has 0 amide bonds. The maximum Gasteiger partial charge on any atom is 4.00 e. The maximum absolute atomic E-state index is 8.36. The van der Waals surface area contributed by atoms with E-state index in [0.717, 1.165) is 12.8 Å². The molecule has 2 aliphatic carbocycles. The Hall–Kier alpha value is 1.24. The summed E-state index contributed by atoms with van der Waals surface area (Å²) in [5, 5.41) is 13.6. The molecule has 2 fully saturated rings. The molecule has 0 aromatic carbocycles. The van der Waals surface area contributed by atoms with Crippen LogP contribution in [0.2, 0.25) is 0 Å². The molecule has 4 atom stereocenters. The third-order valence-electron chi connectivity index (χ3n) is 3.82. The molecule has 0 bridgehead atoms. The van der Waals surface area contributed by atoms with E-state index in [9.17, 15) is 0 Å². The number of nitrogens with one attached hydrogen (secondary N) is 2. The van der Waals surface area contributed by atoms with Crippen LogP contribution in [0, 0.1) is 65.5 Å². The Morgan fingerprint density at radius 3 is 1.03 bits per heavy atom. The van der Waals surface area contributed by atoms with Crippen molar-refractivity contribution in [1.82, 2.24) is 0 Å². The van der Waals surface area contributed by atoms with Crippen molar-refractivity contribution in [3.63, 3.8) is 0 Å². The zero-order chi connectivity index (χ0) is 15.5. The second kappa shape index (κ2) is 39.7. The Bertz CT molecular complexity index is 239. The van der Waals surface area contributed by atoms with Gasteiger partial charge in [-0.05, 0) is 0 Å². The van der Waals surface area contributed by atoms with Crippen molar-refractivity contribution in [3.8, 4) is 0 Å². The molecule has 2 saturated carbocycles. The van der Waals surface area contributed by atoms with E-state index in [2.05, 4.69) is 13.8 Å². The summed E-state index contributed by atoms with van der Waals surface area (Å²) in [6, 6.07) is 0.285. The molecular weight excluding hydrogens is 828 g/mol. The first-order valence-corrected chi connectivity index (χ1v) is 7.26. The van der Waals surface area contributed by atoms with Crippen molar-refractivity contribution in [2.45, 2.75) is 78.3 Å². The van der Waals surface area contributed by atoms with Crippen LogP contribution in [0.3, 0.4) is 0 Å². The third-order valence-corrected chi connectivity index (χ3v) is 3.82. The van der Waals surface area contributed by atoms with Gasteiger partial charge in [0.25, 0.3) is 5.09 Å². The fourth-order valence-electron chi connectivity index (χ4n) is 2.42. The molecule has 6 nitrogen and oxygen atoms in total. The first kappa shape index (κ1) is 63.1. The predicted molar refractivity (Wildman–Crippen MR) is 119 cm³/mol. The van der Waals surface area contributed by atoms with E-state index >= 15 is 0 Å². The van der Waals surface area contributed by atoms with Gasteiger partial charge in [-0.2, -0.15) is 23.9 Å². The van der Waals surface area contributed by atoms with Crippen molar-refractivity contribution in [3.05, 3.63) is 65.1 Å². The van der Waals surface area contributed by atoms with E-state index in [4.69, 9.17) is 26.8 Å². The molecule has 0 aromatic heterocycles. The topological polar surface area (TPSA) is 111 Å². The van der Waals surface area contributed by atoms with Crippen LogP contribution < -0.4 is 0 Å². The minimum Gasteiger partial charge on any atom is -0.677 e. The first-order valence-electron chi connectivity index (χ1n) is 7.26. The number of hydrogen-bond donors (Lipinski definition) is 1. The second-order valence-electron chi connectivity index (χ2n) is 5.54. The van der Waals surface area contributed by atoms with Crippen LogP contribution in [-0.2, 0) is 64.5 Å². The van der Waals surface area contributed by atoms with Crippen LogP contribution in [-0.4, -0.2) is 22.4 Å². The van der Waals surface area contributed by atoms with Crippen LogP contribution >= 0.6 is 0 Å². The second-order valence-corrected chi connectivity index (χ2v) is 5.54. The summed E-state index contributed by atoms with van der Waals surface area (Å²) in [5.41, 5.74) is 14.8. The van der Waals surface area contributed by atoms with E-state index in [-0.39, 0.29) is 121 Å². The molecular formula is C20H47AgN3O3Pt2. The van der Waals surface area contributed by atoms with Gasteiger partial charge in [0.05, 0.1) is 0 Å². The Labute approximate surface area is 228 Å². The van der Waals surface area contributed by atoms with Gasteiger partial charge in [-0.25, -0.2) is 0 Å². The normalized spacial score (nSPS) is 22.8. The maximum atomic E-state index is 8.36. The quantitative estimate of drug-likeness (QED) is 0.117. The van der Waals surface area contributed by atoms with E-state index in [0.29, 0.717) is 11.8 Å². The fraction of sp³-hybridized carbons (Fsp3) is 0.700. The fourth-order valence-corrected chi connectivity index (χ4v) is 2.42. The smallest absolute Gasteiger partial charge is 0.677 e. The Morgan fingerprint density at radius 1 is 0.759 bits per heavy atom. The van der Waals surface area contributed by atoms with Gasteiger partial charge in [-0.3, -0.25) is 0 Å². The minimum absolute atomic E-state index is 0. The van der Waals surface area contributed by atoms with Crippen molar-refractivity contribution in [1.29, 1.82) is 0 Å². The van der Waals surface area contributed by atoms with Crippen LogP contribution in [0.5, 0.6) is 0 Å². The molecule has 4 unspecified atom stereocenters. The van der Waals surface area contributed by atoms with Gasteiger partial charge in [0, 0.05) is 22.4 Å². The Kier molecular flexibility index (Phi) is 86.4. The van der Waals surface area contributed by atoms with E-state index in [1.165, 1.54) is 38.5 Å². The average molecular weight is 876 g/mol. The number of nitrogens with zero attached hydrogens (tertiary/aromatic N) is 1. The monoisotopic (exact) mass is 874 g/mol. The van der Waals surface area contributed by atoms with Gasteiger partial charge in [0.15, 0.2) is 0 Å². The third kappa shape index (κ3) is 40.2. The van der Waals surface area contributed by atoms with Gasteiger partial charge < -0.3 is 60.2 Å². The Morgan fingerprint density at radius 2 is 0.931 bits per heavy atom. The van der Waals surface area contributed by atoms with Crippen LogP contribution in [0.25, 0.3) is 11.5 Å². The molecule has 0 aliphatic heterocycles. The molecule has 191 valence electrons. The van der Waals surface area contributed by atoms with Crippen LogP contribution in [0.1, 0.15) is 66.2 Å². The number of rotatable bonds is 0. The molecule has 1 radical (unpaired) electrons. The summed E-state index contributed by atoms with van der Waals surface area (Å²) < 4.78 is 0. The summed E-state index contributed by atoms with van der Waals surface area (Å²) in [6.07, 6.45) is 9.60. The molecule has 0 heterocycles. The molecule has 0 aromatic rings. The van der Waals surface area contributed by atoms with Gasteiger partial charge in [-0.15, -0.1) is 10.1 Å². The Balaban J connectivity index is -0.0000000209. The van der Waals surface area contributed by atoms with Crippen molar-refractivity contribution in [2.75, 3.05) is 0 Å². The molecule has 2 rings (SSSR count). The zero-order valence-corrected chi connectivity index (χ0v) is 23.1. The number of hydrogen-bond acceptors (Lipinski definition) is 2. The summed E-state index contributed by atoms with van der Waals surface area (Å²) in [5.74, 6) is 0.840. The summed E-state index contributed by atoms with van der Waals surface area (Å²) >= 11 is 0. The summed E-state index contributed by atoms with van der Waals surface area (Å²) in [4.78, 5) is 8.36. The summed E-state index contributed by atoms with van der Waals surface area (Å²) in [7, 11) is 0. The van der Waals surface area contributed by atoms with Crippen LogP contribution in [0.15, 0.2) is 0 Å². The largest absolute Gasteiger partial charge is 4.00 e. The molecule has 29 heavy (non-hydrogen) atoms. The average Bonchev–Trinajstić information content (AvgIpc) is 2.37. The van der Waals surface area contributed by atoms with E-state index in [1.54, 1.807) is 0 Å². The van der Waals surface area contributed by atoms with Gasteiger partial charge in [0.2, 0.25) is 0 Å². The molecule has 2 aliphatic rings. The van der Waals surface area contributed by atoms with Gasteiger partial charge in [-0.1, -0.05) is 66.2 Å². The first-order chi connectivity index (χ1) is 9.34. The summed E-state index contributed by atoms with van der Waals surface area (Å²) in [6.45, 7) is 7.78. The van der Waals surface area contributed by atoms with Crippen LogP contribution in [0.4, 0.5) is 0 Å². The predicted octanol–water partition coefficient (Wildman–Crippen LogP) is 7.58. The van der Waals surface area contributed by atoms with Gasteiger partial charge in [0.1, 0.15) is 0 Å². The van der Waals surface area contributed by atoms with Gasteiger partial charge >= 0.3 is 42.1 Å². The minimum atomic E-state index is -1.50.